The van der Waals surface area contributed by atoms with Crippen LogP contribution in [-0.2, 0) is 16.1 Å². The Morgan fingerprint density at radius 2 is 1.71 bits per heavy atom. The molecule has 2 aromatic carbocycles. The van der Waals surface area contributed by atoms with Gasteiger partial charge >= 0.3 is 0 Å². The van der Waals surface area contributed by atoms with Gasteiger partial charge in [0.15, 0.2) is 0 Å². The Bertz CT molecular complexity index is 646. The van der Waals surface area contributed by atoms with Gasteiger partial charge in [0.2, 0.25) is 5.91 Å². The van der Waals surface area contributed by atoms with Crippen molar-refractivity contribution in [1.29, 1.82) is 0 Å². The van der Waals surface area contributed by atoms with E-state index in [2.05, 4.69) is 0 Å². The van der Waals surface area contributed by atoms with Crippen molar-refractivity contribution in [3.05, 3.63) is 65.7 Å². The molecule has 0 radical (unpaired) electrons. The lowest BCUT2D eigenvalue weighted by atomic mass is 9.89. The van der Waals surface area contributed by atoms with E-state index in [1.807, 2.05) is 47.4 Å². The lowest BCUT2D eigenvalue weighted by molar-refractivity contribution is -0.137. The molecule has 24 heavy (non-hydrogen) atoms. The van der Waals surface area contributed by atoms with Crippen LogP contribution in [0.4, 0.5) is 0 Å². The predicted octanol–water partition coefficient (Wildman–Crippen LogP) is 3.32. The maximum Gasteiger partial charge on any atom is 0.248 e. The molecule has 0 spiro atoms. The number of aromatic hydroxyl groups is 1. The van der Waals surface area contributed by atoms with Crippen molar-refractivity contribution in [2.24, 2.45) is 0 Å². The lowest BCUT2D eigenvalue weighted by Crippen LogP contribution is -2.39. The standard InChI is InChI=1S/C20H23NO3/c22-19-8-6-17(7-9-19)18-10-12-21(13-11-18)20(23)15-24-14-16-4-2-1-3-5-16/h1-9,18,22H,10-15H2. The van der Waals surface area contributed by atoms with Gasteiger partial charge in [0, 0.05) is 13.1 Å². The van der Waals surface area contributed by atoms with Crippen molar-refractivity contribution in [3.63, 3.8) is 0 Å². The molecule has 2 aromatic rings. The Labute approximate surface area is 142 Å². The molecular formula is C20H23NO3. The lowest BCUT2D eigenvalue weighted by Gasteiger charge is -2.32. The number of carbonyl (C=O) groups is 1. The van der Waals surface area contributed by atoms with Gasteiger partial charge in [-0.25, -0.2) is 0 Å². The molecule has 1 aliphatic rings. The first-order valence-electron chi connectivity index (χ1n) is 8.41. The van der Waals surface area contributed by atoms with E-state index in [4.69, 9.17) is 4.74 Å². The number of hydrogen-bond donors (Lipinski definition) is 1. The van der Waals surface area contributed by atoms with Crippen LogP contribution in [0, 0.1) is 0 Å². The molecule has 0 bridgehead atoms. The molecule has 0 atom stereocenters. The van der Waals surface area contributed by atoms with Gasteiger partial charge in [-0.1, -0.05) is 42.5 Å². The average Bonchev–Trinajstić information content (AvgIpc) is 2.63. The average molecular weight is 325 g/mol. The molecule has 1 N–H and O–H groups in total. The van der Waals surface area contributed by atoms with Crippen LogP contribution in [0.15, 0.2) is 54.6 Å². The third kappa shape index (κ3) is 4.36. The van der Waals surface area contributed by atoms with Crippen LogP contribution >= 0.6 is 0 Å². The molecule has 4 heteroatoms. The summed E-state index contributed by atoms with van der Waals surface area (Å²) in [7, 11) is 0. The van der Waals surface area contributed by atoms with Crippen molar-refractivity contribution < 1.29 is 14.6 Å². The fourth-order valence-electron chi connectivity index (χ4n) is 3.13. The van der Waals surface area contributed by atoms with Crippen molar-refractivity contribution >= 4 is 5.91 Å². The largest absolute Gasteiger partial charge is 0.508 e. The first-order chi connectivity index (χ1) is 11.7. The summed E-state index contributed by atoms with van der Waals surface area (Å²) in [5, 5.41) is 9.37. The number of rotatable bonds is 5. The molecule has 1 saturated heterocycles. The maximum absolute atomic E-state index is 12.2. The fraction of sp³-hybridized carbons (Fsp3) is 0.350. The van der Waals surface area contributed by atoms with E-state index in [9.17, 15) is 9.90 Å². The van der Waals surface area contributed by atoms with E-state index in [0.717, 1.165) is 31.5 Å². The first kappa shape index (κ1) is 16.5. The van der Waals surface area contributed by atoms with E-state index >= 15 is 0 Å². The number of carbonyl (C=O) groups excluding carboxylic acids is 1. The third-order valence-corrected chi connectivity index (χ3v) is 4.55. The minimum absolute atomic E-state index is 0.0649. The predicted molar refractivity (Wildman–Crippen MR) is 92.8 cm³/mol. The smallest absolute Gasteiger partial charge is 0.248 e. The van der Waals surface area contributed by atoms with Gasteiger partial charge in [-0.15, -0.1) is 0 Å². The highest BCUT2D eigenvalue weighted by molar-refractivity contribution is 5.77. The van der Waals surface area contributed by atoms with Crippen LogP contribution in [0.1, 0.15) is 29.9 Å². The summed E-state index contributed by atoms with van der Waals surface area (Å²) in [6.07, 6.45) is 1.91. The van der Waals surface area contributed by atoms with Gasteiger partial charge in [0.25, 0.3) is 0 Å². The highest BCUT2D eigenvalue weighted by Crippen LogP contribution is 2.29. The number of benzene rings is 2. The van der Waals surface area contributed by atoms with E-state index in [1.165, 1.54) is 5.56 Å². The van der Waals surface area contributed by atoms with Crippen LogP contribution in [0.25, 0.3) is 0 Å². The summed E-state index contributed by atoms with van der Waals surface area (Å²) in [4.78, 5) is 14.1. The number of amides is 1. The number of hydrogen-bond acceptors (Lipinski definition) is 3. The normalized spacial score (nSPS) is 15.4. The van der Waals surface area contributed by atoms with Crippen LogP contribution in [0.3, 0.4) is 0 Å². The summed E-state index contributed by atoms with van der Waals surface area (Å²) in [6.45, 7) is 2.13. The minimum Gasteiger partial charge on any atom is -0.508 e. The Hall–Kier alpha value is -2.33. The summed E-state index contributed by atoms with van der Waals surface area (Å²) in [5.74, 6) is 0.817. The van der Waals surface area contributed by atoms with E-state index < -0.39 is 0 Å². The number of likely N-dealkylation sites (tertiary alicyclic amines) is 1. The monoisotopic (exact) mass is 325 g/mol. The van der Waals surface area contributed by atoms with Crippen molar-refractivity contribution in [2.75, 3.05) is 19.7 Å². The number of nitrogens with zero attached hydrogens (tertiary/aromatic N) is 1. The highest BCUT2D eigenvalue weighted by atomic mass is 16.5. The molecule has 4 nitrogen and oxygen atoms in total. The molecule has 1 aliphatic heterocycles. The zero-order chi connectivity index (χ0) is 16.8. The molecule has 126 valence electrons. The van der Waals surface area contributed by atoms with Crippen LogP contribution < -0.4 is 0 Å². The fourth-order valence-corrected chi connectivity index (χ4v) is 3.13. The molecule has 3 rings (SSSR count). The second-order valence-corrected chi connectivity index (χ2v) is 6.22. The SMILES string of the molecule is O=C(COCc1ccccc1)N1CCC(c2ccc(O)cc2)CC1. The Morgan fingerprint density at radius 3 is 2.38 bits per heavy atom. The topological polar surface area (TPSA) is 49.8 Å². The molecule has 0 aliphatic carbocycles. The first-order valence-corrected chi connectivity index (χ1v) is 8.41. The molecule has 1 heterocycles. The van der Waals surface area contributed by atoms with E-state index in [-0.39, 0.29) is 12.5 Å². The molecule has 0 saturated carbocycles. The van der Waals surface area contributed by atoms with Gasteiger partial charge in [-0.2, -0.15) is 0 Å². The van der Waals surface area contributed by atoms with Crippen molar-refractivity contribution in [1.82, 2.24) is 4.90 Å². The third-order valence-electron chi connectivity index (χ3n) is 4.55. The highest BCUT2D eigenvalue weighted by Gasteiger charge is 2.23. The van der Waals surface area contributed by atoms with Gasteiger partial charge in [-0.3, -0.25) is 4.79 Å². The Morgan fingerprint density at radius 1 is 1.04 bits per heavy atom. The zero-order valence-corrected chi connectivity index (χ0v) is 13.7. The number of ether oxygens (including phenoxy) is 1. The number of phenolic OH excluding ortho intramolecular Hbond substituents is 1. The van der Waals surface area contributed by atoms with Gasteiger partial charge in [0.05, 0.1) is 6.61 Å². The minimum atomic E-state index is 0.0649. The second-order valence-electron chi connectivity index (χ2n) is 6.22. The summed E-state index contributed by atoms with van der Waals surface area (Å²) in [5.41, 5.74) is 2.32. The molecule has 1 fully saturated rings. The number of phenols is 1. The summed E-state index contributed by atoms with van der Waals surface area (Å²) >= 11 is 0. The molecule has 0 aromatic heterocycles. The molecule has 1 amide bonds. The second kappa shape index (κ2) is 7.97. The van der Waals surface area contributed by atoms with Crippen LogP contribution in [0.5, 0.6) is 5.75 Å². The Balaban J connectivity index is 1.42. The summed E-state index contributed by atoms with van der Waals surface area (Å²) in [6, 6.07) is 17.3. The van der Waals surface area contributed by atoms with Gasteiger partial charge < -0.3 is 14.7 Å². The zero-order valence-electron chi connectivity index (χ0n) is 13.7. The van der Waals surface area contributed by atoms with Crippen molar-refractivity contribution in [2.45, 2.75) is 25.4 Å². The molecule has 0 unspecified atom stereocenters. The van der Waals surface area contributed by atoms with Crippen molar-refractivity contribution in [3.8, 4) is 5.75 Å². The van der Waals surface area contributed by atoms with Crippen LogP contribution in [0.2, 0.25) is 0 Å². The Kier molecular flexibility index (Phi) is 5.49. The van der Waals surface area contributed by atoms with E-state index in [0.29, 0.717) is 18.3 Å². The van der Waals surface area contributed by atoms with Gasteiger partial charge in [-0.05, 0) is 42.0 Å². The number of piperidine rings is 1. The summed E-state index contributed by atoms with van der Waals surface area (Å²) < 4.78 is 5.54. The van der Waals surface area contributed by atoms with E-state index in [1.54, 1.807) is 12.1 Å². The van der Waals surface area contributed by atoms with Crippen LogP contribution in [-0.4, -0.2) is 35.6 Å². The van der Waals surface area contributed by atoms with Gasteiger partial charge in [0.1, 0.15) is 12.4 Å². The maximum atomic E-state index is 12.2. The molecular weight excluding hydrogens is 302 g/mol. The quantitative estimate of drug-likeness (QED) is 0.917.